The van der Waals surface area contributed by atoms with E-state index in [4.69, 9.17) is 0 Å². The Labute approximate surface area is 182 Å². The average molecular weight is 435 g/mol. The number of aliphatic hydroxyl groups excluding tert-OH is 1. The van der Waals surface area contributed by atoms with Crippen molar-refractivity contribution in [3.05, 3.63) is 100 Å². The third-order valence-electron chi connectivity index (χ3n) is 4.97. The summed E-state index contributed by atoms with van der Waals surface area (Å²) >= 11 is 0. The Balaban J connectivity index is 1.68. The van der Waals surface area contributed by atoms with E-state index in [1.165, 1.54) is 41.1 Å². The normalized spacial score (nSPS) is 11.9. The van der Waals surface area contributed by atoms with Gasteiger partial charge in [0.2, 0.25) is 5.95 Å². The highest BCUT2D eigenvalue weighted by Crippen LogP contribution is 2.24. The minimum absolute atomic E-state index is 0.0511. The Morgan fingerprint density at radius 2 is 2.00 bits per heavy atom. The van der Waals surface area contributed by atoms with E-state index in [0.29, 0.717) is 11.3 Å². The Hall–Kier alpha value is -3.98. The number of benzene rings is 1. The van der Waals surface area contributed by atoms with Crippen molar-refractivity contribution in [1.82, 2.24) is 19.5 Å². The second-order valence-electron chi connectivity index (χ2n) is 7.12. The van der Waals surface area contributed by atoms with Crippen LogP contribution in [0.25, 0.3) is 11.3 Å². The standard InChI is InChI=1S/C23H19F2N5O2/c1-14-11-26-7-5-19(14)28-23-27-12-18(25)22(29-23)16-6-8-30(21(32)10-16)20(13-31)15-3-2-4-17(24)9-15/h2-12,20,31H,13H2,1H3,(H,26,27,28,29). The van der Waals surface area contributed by atoms with Crippen molar-refractivity contribution in [1.29, 1.82) is 0 Å². The van der Waals surface area contributed by atoms with E-state index in [-0.39, 0.29) is 17.2 Å². The predicted molar refractivity (Wildman–Crippen MR) is 116 cm³/mol. The number of nitrogens with zero attached hydrogens (tertiary/aromatic N) is 4. The van der Waals surface area contributed by atoms with Crippen LogP contribution in [0.5, 0.6) is 0 Å². The molecule has 0 saturated heterocycles. The molecule has 0 saturated carbocycles. The molecule has 0 aliphatic heterocycles. The van der Waals surface area contributed by atoms with Crippen LogP contribution in [-0.4, -0.2) is 31.2 Å². The van der Waals surface area contributed by atoms with Gasteiger partial charge in [-0.05, 0) is 42.3 Å². The summed E-state index contributed by atoms with van der Waals surface area (Å²) in [7, 11) is 0. The molecule has 4 rings (SSSR count). The van der Waals surface area contributed by atoms with Crippen LogP contribution in [-0.2, 0) is 0 Å². The molecule has 2 N–H and O–H groups in total. The summed E-state index contributed by atoms with van der Waals surface area (Å²) in [5, 5.41) is 12.8. The molecule has 0 spiro atoms. The van der Waals surface area contributed by atoms with Crippen molar-refractivity contribution < 1.29 is 13.9 Å². The van der Waals surface area contributed by atoms with Crippen LogP contribution >= 0.6 is 0 Å². The van der Waals surface area contributed by atoms with Crippen LogP contribution in [0.1, 0.15) is 17.2 Å². The van der Waals surface area contributed by atoms with Gasteiger partial charge in [-0.3, -0.25) is 9.78 Å². The number of aliphatic hydroxyl groups is 1. The second kappa shape index (κ2) is 9.03. The predicted octanol–water partition coefficient (Wildman–Crippen LogP) is 3.61. The number of aryl methyl sites for hydroxylation is 1. The van der Waals surface area contributed by atoms with Crippen molar-refractivity contribution in [2.45, 2.75) is 13.0 Å². The molecular formula is C23H19F2N5O2. The van der Waals surface area contributed by atoms with Crippen LogP contribution in [0.3, 0.4) is 0 Å². The molecule has 7 nitrogen and oxygen atoms in total. The molecule has 3 heterocycles. The number of pyridine rings is 2. The van der Waals surface area contributed by atoms with Crippen LogP contribution < -0.4 is 10.9 Å². The van der Waals surface area contributed by atoms with Gasteiger partial charge < -0.3 is 15.0 Å². The highest BCUT2D eigenvalue weighted by Gasteiger charge is 2.17. The maximum absolute atomic E-state index is 14.5. The molecule has 9 heteroatoms. The maximum atomic E-state index is 14.5. The Kier molecular flexibility index (Phi) is 6.00. The first-order valence-electron chi connectivity index (χ1n) is 9.75. The molecule has 3 aromatic heterocycles. The number of hydrogen-bond donors (Lipinski definition) is 2. The summed E-state index contributed by atoms with van der Waals surface area (Å²) in [5.41, 5.74) is 1.71. The number of halogens is 2. The largest absolute Gasteiger partial charge is 0.394 e. The molecule has 1 unspecified atom stereocenters. The van der Waals surface area contributed by atoms with E-state index in [1.54, 1.807) is 24.5 Å². The van der Waals surface area contributed by atoms with E-state index in [2.05, 4.69) is 20.3 Å². The van der Waals surface area contributed by atoms with Gasteiger partial charge in [-0.15, -0.1) is 0 Å². The fraction of sp³-hybridized carbons (Fsp3) is 0.130. The summed E-state index contributed by atoms with van der Waals surface area (Å²) in [6, 6.07) is 9.34. The van der Waals surface area contributed by atoms with E-state index in [9.17, 15) is 18.7 Å². The van der Waals surface area contributed by atoms with E-state index < -0.39 is 29.8 Å². The first-order valence-corrected chi connectivity index (χ1v) is 9.75. The van der Waals surface area contributed by atoms with Crippen molar-refractivity contribution in [3.63, 3.8) is 0 Å². The SMILES string of the molecule is Cc1cnccc1Nc1ncc(F)c(-c2ccn(C(CO)c3cccc(F)c3)c(=O)c2)n1. The molecule has 4 aromatic rings. The number of hydrogen-bond acceptors (Lipinski definition) is 6. The first-order chi connectivity index (χ1) is 15.5. The minimum atomic E-state index is -0.783. The Morgan fingerprint density at radius 3 is 2.72 bits per heavy atom. The van der Waals surface area contributed by atoms with Gasteiger partial charge in [-0.1, -0.05) is 12.1 Å². The van der Waals surface area contributed by atoms with Gasteiger partial charge in [0, 0.05) is 35.9 Å². The minimum Gasteiger partial charge on any atom is -0.394 e. The average Bonchev–Trinajstić information content (AvgIpc) is 2.78. The van der Waals surface area contributed by atoms with Gasteiger partial charge in [0.25, 0.3) is 5.56 Å². The molecule has 0 radical (unpaired) electrons. The summed E-state index contributed by atoms with van der Waals surface area (Å²) in [6.07, 6.45) is 5.72. The summed E-state index contributed by atoms with van der Waals surface area (Å²) < 4.78 is 29.3. The third kappa shape index (κ3) is 4.37. The molecule has 0 bridgehead atoms. The number of aromatic nitrogens is 4. The van der Waals surface area contributed by atoms with Crippen molar-refractivity contribution in [2.24, 2.45) is 0 Å². The summed E-state index contributed by atoms with van der Waals surface area (Å²) in [4.78, 5) is 25.0. The molecule has 1 aromatic carbocycles. The number of nitrogens with one attached hydrogen (secondary N) is 1. The molecule has 0 aliphatic carbocycles. The highest BCUT2D eigenvalue weighted by molar-refractivity contribution is 5.63. The molecule has 162 valence electrons. The van der Waals surface area contributed by atoms with Crippen LogP contribution in [0.15, 0.2) is 72.0 Å². The van der Waals surface area contributed by atoms with Crippen molar-refractivity contribution in [3.8, 4) is 11.3 Å². The Bertz CT molecular complexity index is 1330. The van der Waals surface area contributed by atoms with Gasteiger partial charge in [0.15, 0.2) is 5.82 Å². The van der Waals surface area contributed by atoms with E-state index in [0.717, 1.165) is 11.8 Å². The van der Waals surface area contributed by atoms with Crippen molar-refractivity contribution in [2.75, 3.05) is 11.9 Å². The lowest BCUT2D eigenvalue weighted by Gasteiger charge is -2.18. The number of rotatable bonds is 6. The van der Waals surface area contributed by atoms with Crippen molar-refractivity contribution >= 4 is 11.6 Å². The topological polar surface area (TPSA) is 92.9 Å². The van der Waals surface area contributed by atoms with E-state index in [1.807, 2.05) is 6.92 Å². The van der Waals surface area contributed by atoms with Gasteiger partial charge in [0.1, 0.15) is 11.5 Å². The zero-order valence-electron chi connectivity index (χ0n) is 17.0. The molecule has 0 fully saturated rings. The van der Waals surface area contributed by atoms with Gasteiger partial charge in [0.05, 0.1) is 18.8 Å². The zero-order valence-corrected chi connectivity index (χ0v) is 17.0. The summed E-state index contributed by atoms with van der Waals surface area (Å²) in [6.45, 7) is 1.44. The zero-order chi connectivity index (χ0) is 22.7. The van der Waals surface area contributed by atoms with E-state index >= 15 is 0 Å². The first kappa shape index (κ1) is 21.3. The fourth-order valence-electron chi connectivity index (χ4n) is 3.33. The Morgan fingerprint density at radius 1 is 1.16 bits per heavy atom. The molecular weight excluding hydrogens is 416 g/mol. The lowest BCUT2D eigenvalue weighted by molar-refractivity contribution is 0.247. The monoisotopic (exact) mass is 435 g/mol. The van der Waals surface area contributed by atoms with Gasteiger partial charge in [-0.25, -0.2) is 18.7 Å². The second-order valence-corrected chi connectivity index (χ2v) is 7.12. The molecule has 32 heavy (non-hydrogen) atoms. The molecule has 0 amide bonds. The van der Waals surface area contributed by atoms with Gasteiger partial charge in [-0.2, -0.15) is 0 Å². The lowest BCUT2D eigenvalue weighted by Crippen LogP contribution is -2.27. The number of anilines is 2. The molecule has 1 atom stereocenters. The quantitative estimate of drug-likeness (QED) is 0.481. The highest BCUT2D eigenvalue weighted by atomic mass is 19.1. The third-order valence-corrected chi connectivity index (χ3v) is 4.97. The van der Waals surface area contributed by atoms with Crippen LogP contribution in [0.2, 0.25) is 0 Å². The summed E-state index contributed by atoms with van der Waals surface area (Å²) in [5.74, 6) is -1.01. The maximum Gasteiger partial charge on any atom is 0.251 e. The molecule has 0 aliphatic rings. The van der Waals surface area contributed by atoms with Crippen LogP contribution in [0.4, 0.5) is 20.4 Å². The smallest absolute Gasteiger partial charge is 0.251 e. The van der Waals surface area contributed by atoms with Crippen LogP contribution in [0, 0.1) is 18.6 Å². The van der Waals surface area contributed by atoms with Gasteiger partial charge >= 0.3 is 0 Å². The fourth-order valence-corrected chi connectivity index (χ4v) is 3.33. The lowest BCUT2D eigenvalue weighted by atomic mass is 10.1.